The van der Waals surface area contributed by atoms with Gasteiger partial charge < -0.3 is 16.0 Å². The van der Waals surface area contributed by atoms with Crippen LogP contribution in [0.3, 0.4) is 0 Å². The molecule has 2 fully saturated rings. The van der Waals surface area contributed by atoms with Gasteiger partial charge in [-0.25, -0.2) is 13.1 Å². The van der Waals surface area contributed by atoms with Crippen molar-refractivity contribution in [2.45, 2.75) is 37.0 Å². The van der Waals surface area contributed by atoms with Crippen LogP contribution in [0.15, 0.2) is 54.6 Å². The third-order valence-electron chi connectivity index (χ3n) is 6.77. The summed E-state index contributed by atoms with van der Waals surface area (Å²) in [5.74, 6) is 0.482. The second kappa shape index (κ2) is 10.8. The van der Waals surface area contributed by atoms with Crippen LogP contribution < -0.4 is 15.8 Å². The molecule has 0 spiro atoms. The van der Waals surface area contributed by atoms with E-state index in [0.29, 0.717) is 36.5 Å². The Kier molecular flexibility index (Phi) is 7.80. The number of piperidine rings is 1. The van der Waals surface area contributed by atoms with E-state index in [9.17, 15) is 13.2 Å². The molecule has 1 aliphatic heterocycles. The van der Waals surface area contributed by atoms with Crippen LogP contribution in [0.5, 0.6) is 0 Å². The summed E-state index contributed by atoms with van der Waals surface area (Å²) in [6.07, 6.45) is 3.50. The Morgan fingerprint density at radius 3 is 2.45 bits per heavy atom. The monoisotopic (exact) mass is 470 g/mol. The Morgan fingerprint density at radius 1 is 1.03 bits per heavy atom. The number of nitrogens with two attached hydrogens (primary N) is 1. The molecule has 1 saturated heterocycles. The van der Waals surface area contributed by atoms with Crippen molar-refractivity contribution in [2.75, 3.05) is 32.7 Å². The fourth-order valence-electron chi connectivity index (χ4n) is 4.72. The summed E-state index contributed by atoms with van der Waals surface area (Å²) in [6, 6.07) is 17.9. The maximum absolute atomic E-state index is 12.5. The maximum Gasteiger partial charge on any atom is 0.249 e. The van der Waals surface area contributed by atoms with Crippen LogP contribution in [0.1, 0.15) is 46.7 Å². The molecule has 8 heteroatoms. The van der Waals surface area contributed by atoms with E-state index >= 15 is 0 Å². The first-order chi connectivity index (χ1) is 15.9. The molecule has 2 aliphatic rings. The van der Waals surface area contributed by atoms with E-state index < -0.39 is 15.9 Å². The number of amides is 1. The van der Waals surface area contributed by atoms with Crippen molar-refractivity contribution in [3.05, 3.63) is 71.3 Å². The van der Waals surface area contributed by atoms with E-state index in [-0.39, 0.29) is 11.3 Å². The molecule has 1 aliphatic carbocycles. The molecule has 33 heavy (non-hydrogen) atoms. The lowest BCUT2D eigenvalue weighted by Crippen LogP contribution is -2.41. The van der Waals surface area contributed by atoms with Crippen LogP contribution in [0.2, 0.25) is 0 Å². The summed E-state index contributed by atoms with van der Waals surface area (Å²) in [5, 5.41) is 3.75. The molecule has 178 valence electrons. The predicted molar refractivity (Wildman–Crippen MR) is 130 cm³/mol. The first-order valence-electron chi connectivity index (χ1n) is 11.8. The van der Waals surface area contributed by atoms with Crippen molar-refractivity contribution < 1.29 is 13.2 Å². The maximum atomic E-state index is 12.5. The number of rotatable bonds is 11. The molecule has 1 saturated carbocycles. The molecule has 4 N–H and O–H groups in total. The largest absolute Gasteiger partial charge is 0.366 e. The van der Waals surface area contributed by atoms with Crippen molar-refractivity contribution in [1.82, 2.24) is 14.9 Å². The molecule has 0 aromatic heterocycles. The van der Waals surface area contributed by atoms with E-state index in [1.165, 1.54) is 12.0 Å². The Bertz CT molecular complexity index is 1040. The minimum Gasteiger partial charge on any atom is -0.366 e. The first-order valence-corrected chi connectivity index (χ1v) is 13.4. The fourth-order valence-corrected chi connectivity index (χ4v) is 5.89. The molecule has 0 bridgehead atoms. The second-order valence-electron chi connectivity index (χ2n) is 9.23. The van der Waals surface area contributed by atoms with Gasteiger partial charge in [0.15, 0.2) is 0 Å². The summed E-state index contributed by atoms with van der Waals surface area (Å²) < 4.78 is 27.6. The average molecular weight is 471 g/mol. The molecule has 2 aromatic rings. The van der Waals surface area contributed by atoms with Crippen molar-refractivity contribution in [3.63, 3.8) is 0 Å². The van der Waals surface area contributed by atoms with Gasteiger partial charge in [0.2, 0.25) is 15.9 Å². The number of carbonyl (C=O) groups is 1. The zero-order chi connectivity index (χ0) is 23.3. The van der Waals surface area contributed by atoms with Crippen LogP contribution in [-0.2, 0) is 15.8 Å². The molecule has 2 unspecified atom stereocenters. The number of hydrogen-bond acceptors (Lipinski definition) is 5. The number of benzene rings is 2. The lowest BCUT2D eigenvalue weighted by atomic mass is 9.96. The molecular weight excluding hydrogens is 436 g/mol. The molecule has 7 nitrogen and oxygen atoms in total. The lowest BCUT2D eigenvalue weighted by Gasteiger charge is -2.32. The van der Waals surface area contributed by atoms with E-state index in [0.717, 1.165) is 32.5 Å². The molecule has 2 aromatic carbocycles. The van der Waals surface area contributed by atoms with Gasteiger partial charge in [-0.1, -0.05) is 48.5 Å². The third-order valence-corrected chi connectivity index (χ3v) is 8.11. The number of nitrogens with zero attached hydrogens (tertiary/aromatic N) is 1. The summed E-state index contributed by atoms with van der Waals surface area (Å²) in [5.41, 5.74) is 7.46. The van der Waals surface area contributed by atoms with Crippen LogP contribution in [0.25, 0.3) is 0 Å². The minimum atomic E-state index is -3.54. The van der Waals surface area contributed by atoms with Gasteiger partial charge in [-0.15, -0.1) is 0 Å². The molecule has 1 amide bonds. The molecular formula is C25H34N4O3S. The topological polar surface area (TPSA) is 105 Å². The van der Waals surface area contributed by atoms with Gasteiger partial charge in [0.05, 0.1) is 5.75 Å². The highest BCUT2D eigenvalue weighted by atomic mass is 32.2. The normalized spacial score (nSPS) is 21.7. The quantitative estimate of drug-likeness (QED) is 0.466. The molecule has 4 rings (SSSR count). The standard InChI is InChI=1S/C25H34N4O3S/c26-25(30)22-9-5-4-8-21(22)18-33(31,32)28-12-15-29-13-10-19(11-14-29)17-27-24-16-23(24)20-6-2-1-3-7-20/h1-9,19,23-24,27-28H,10-18H2,(H2,26,30). The van der Waals surface area contributed by atoms with Gasteiger partial charge >= 0.3 is 0 Å². The van der Waals surface area contributed by atoms with Crippen LogP contribution in [0.4, 0.5) is 0 Å². The molecule has 0 radical (unpaired) electrons. The van der Waals surface area contributed by atoms with Crippen LogP contribution in [0, 0.1) is 5.92 Å². The van der Waals surface area contributed by atoms with E-state index in [4.69, 9.17) is 5.73 Å². The van der Waals surface area contributed by atoms with E-state index in [2.05, 4.69) is 45.3 Å². The van der Waals surface area contributed by atoms with Crippen molar-refractivity contribution >= 4 is 15.9 Å². The summed E-state index contributed by atoms with van der Waals surface area (Å²) in [6.45, 7) is 4.10. The van der Waals surface area contributed by atoms with Gasteiger partial charge in [0.1, 0.15) is 0 Å². The Morgan fingerprint density at radius 2 is 1.73 bits per heavy atom. The number of carbonyl (C=O) groups excluding carboxylic acids is 1. The Labute approximate surface area is 196 Å². The second-order valence-corrected chi connectivity index (χ2v) is 11.0. The van der Waals surface area contributed by atoms with E-state index in [1.54, 1.807) is 24.3 Å². The number of nitrogens with one attached hydrogen (secondary N) is 2. The minimum absolute atomic E-state index is 0.245. The number of likely N-dealkylation sites (tertiary alicyclic amines) is 1. The highest BCUT2D eigenvalue weighted by Gasteiger charge is 2.38. The number of primary amides is 1. The zero-order valence-corrected chi connectivity index (χ0v) is 19.8. The van der Waals surface area contributed by atoms with Gasteiger partial charge in [-0.2, -0.15) is 0 Å². The lowest BCUT2D eigenvalue weighted by molar-refractivity contribution is 0.0999. The van der Waals surface area contributed by atoms with Gasteiger partial charge in [0.25, 0.3) is 0 Å². The van der Waals surface area contributed by atoms with Gasteiger partial charge in [-0.3, -0.25) is 4.79 Å². The highest BCUT2D eigenvalue weighted by molar-refractivity contribution is 7.88. The summed E-state index contributed by atoms with van der Waals surface area (Å²) in [4.78, 5) is 13.8. The number of hydrogen-bond donors (Lipinski definition) is 3. The predicted octanol–water partition coefficient (Wildman–Crippen LogP) is 2.06. The van der Waals surface area contributed by atoms with Crippen LogP contribution in [-0.4, -0.2) is 58.0 Å². The average Bonchev–Trinajstić information content (AvgIpc) is 3.59. The third kappa shape index (κ3) is 6.86. The highest BCUT2D eigenvalue weighted by Crippen LogP contribution is 2.40. The summed E-state index contributed by atoms with van der Waals surface area (Å²) in [7, 11) is -3.54. The smallest absolute Gasteiger partial charge is 0.249 e. The number of sulfonamides is 1. The van der Waals surface area contributed by atoms with Crippen molar-refractivity contribution in [3.8, 4) is 0 Å². The van der Waals surface area contributed by atoms with Gasteiger partial charge in [0, 0.05) is 30.6 Å². The van der Waals surface area contributed by atoms with E-state index in [1.807, 2.05) is 0 Å². The Hall–Kier alpha value is -2.26. The molecule has 1 heterocycles. The zero-order valence-electron chi connectivity index (χ0n) is 18.9. The fraction of sp³-hybridized carbons (Fsp3) is 0.480. The van der Waals surface area contributed by atoms with Crippen LogP contribution >= 0.6 is 0 Å². The van der Waals surface area contributed by atoms with Crippen molar-refractivity contribution in [1.29, 1.82) is 0 Å². The summed E-state index contributed by atoms with van der Waals surface area (Å²) >= 11 is 0. The Balaban J connectivity index is 1.13. The SMILES string of the molecule is NC(=O)c1ccccc1CS(=O)(=O)NCCN1CCC(CNC2CC2c2ccccc2)CC1. The van der Waals surface area contributed by atoms with Crippen molar-refractivity contribution in [2.24, 2.45) is 11.7 Å². The first kappa shape index (κ1) is 23.9. The molecule has 2 atom stereocenters. The van der Waals surface area contributed by atoms with Gasteiger partial charge in [-0.05, 0) is 62.0 Å².